The molecule has 1 aliphatic carbocycles. The SMILES string of the molecule is O=C(O)C1CC(F)CN1c1nc(Nc2cc(C3CC3)[nH]n2)n2cccc2n1. The Kier molecular flexibility index (Phi) is 3.52. The van der Waals surface area contributed by atoms with E-state index in [0.717, 1.165) is 18.5 Å². The molecule has 1 aliphatic heterocycles. The van der Waals surface area contributed by atoms with Crippen LogP contribution in [-0.4, -0.2) is 54.4 Å². The second-order valence-corrected chi connectivity index (χ2v) is 7.03. The number of carboxylic acid groups (broad SMARTS) is 1. The third-order valence-corrected chi connectivity index (χ3v) is 5.02. The van der Waals surface area contributed by atoms with E-state index in [4.69, 9.17) is 0 Å². The summed E-state index contributed by atoms with van der Waals surface area (Å²) in [5, 5.41) is 19.9. The first-order valence-electron chi connectivity index (χ1n) is 8.89. The van der Waals surface area contributed by atoms with Crippen LogP contribution in [0.15, 0.2) is 24.4 Å². The number of carbonyl (C=O) groups is 1. The molecule has 140 valence electrons. The number of H-pyrrole nitrogens is 1. The number of aromatic nitrogens is 5. The van der Waals surface area contributed by atoms with Crippen LogP contribution in [0, 0.1) is 0 Å². The van der Waals surface area contributed by atoms with E-state index in [1.165, 1.54) is 4.90 Å². The lowest BCUT2D eigenvalue weighted by Crippen LogP contribution is -2.37. The molecule has 1 saturated carbocycles. The number of nitrogens with zero attached hydrogens (tertiary/aromatic N) is 5. The summed E-state index contributed by atoms with van der Waals surface area (Å²) in [5.41, 5.74) is 1.67. The summed E-state index contributed by atoms with van der Waals surface area (Å²) in [5.74, 6) is 0.721. The normalized spacial score (nSPS) is 22.5. The van der Waals surface area contributed by atoms with E-state index in [1.807, 2.05) is 12.1 Å². The lowest BCUT2D eigenvalue weighted by molar-refractivity contribution is -0.138. The zero-order chi connectivity index (χ0) is 18.5. The predicted molar refractivity (Wildman–Crippen MR) is 95.1 cm³/mol. The quantitative estimate of drug-likeness (QED) is 0.629. The Morgan fingerprint density at radius 2 is 2.22 bits per heavy atom. The molecule has 2 fully saturated rings. The molecule has 0 amide bonds. The Balaban J connectivity index is 1.51. The number of anilines is 3. The van der Waals surface area contributed by atoms with E-state index in [9.17, 15) is 14.3 Å². The molecule has 3 aromatic heterocycles. The van der Waals surface area contributed by atoms with Crippen molar-refractivity contribution in [1.82, 2.24) is 24.6 Å². The van der Waals surface area contributed by atoms with Gasteiger partial charge in [0.25, 0.3) is 0 Å². The molecule has 9 nitrogen and oxygen atoms in total. The van der Waals surface area contributed by atoms with Crippen molar-refractivity contribution in [2.75, 3.05) is 16.8 Å². The number of fused-ring (bicyclic) bond motifs is 1. The van der Waals surface area contributed by atoms with Crippen LogP contribution >= 0.6 is 0 Å². The van der Waals surface area contributed by atoms with Crippen LogP contribution in [0.3, 0.4) is 0 Å². The van der Waals surface area contributed by atoms with Gasteiger partial charge in [0.05, 0.1) is 6.54 Å². The zero-order valence-electron chi connectivity index (χ0n) is 14.3. The molecule has 2 unspecified atom stereocenters. The molecule has 5 rings (SSSR count). The van der Waals surface area contributed by atoms with E-state index < -0.39 is 18.2 Å². The van der Waals surface area contributed by atoms with Crippen LogP contribution < -0.4 is 10.2 Å². The summed E-state index contributed by atoms with van der Waals surface area (Å²) >= 11 is 0. The van der Waals surface area contributed by atoms with Crippen molar-refractivity contribution < 1.29 is 14.3 Å². The summed E-state index contributed by atoms with van der Waals surface area (Å²) in [4.78, 5) is 21.8. The fourth-order valence-electron chi connectivity index (χ4n) is 3.49. The highest BCUT2D eigenvalue weighted by molar-refractivity contribution is 5.78. The van der Waals surface area contributed by atoms with Crippen molar-refractivity contribution in [1.29, 1.82) is 0 Å². The van der Waals surface area contributed by atoms with E-state index in [0.29, 0.717) is 23.3 Å². The number of aliphatic carboxylic acids is 1. The monoisotopic (exact) mass is 371 g/mol. The molecule has 0 bridgehead atoms. The maximum atomic E-state index is 13.9. The Morgan fingerprint density at radius 1 is 1.37 bits per heavy atom. The average molecular weight is 371 g/mol. The van der Waals surface area contributed by atoms with Gasteiger partial charge in [-0.05, 0) is 25.0 Å². The first-order chi connectivity index (χ1) is 13.1. The number of nitrogens with one attached hydrogen (secondary N) is 2. The van der Waals surface area contributed by atoms with Crippen molar-refractivity contribution in [2.24, 2.45) is 0 Å². The summed E-state index contributed by atoms with van der Waals surface area (Å²) in [6.07, 6.45) is 2.83. The molecule has 10 heteroatoms. The standard InChI is InChI=1S/C17H18FN7O2/c18-10-6-12(15(26)27)25(8-10)17-20-14-2-1-5-24(14)16(21-17)19-13-7-11(22-23-13)9-3-4-9/h1-2,5,7,9-10,12H,3-4,6,8H2,(H,26,27)(H2,19,20,21,22,23). The van der Waals surface area contributed by atoms with Crippen molar-refractivity contribution in [2.45, 2.75) is 37.4 Å². The summed E-state index contributed by atoms with van der Waals surface area (Å²) in [6.45, 7) is -0.0402. The van der Waals surface area contributed by atoms with Gasteiger partial charge in [0, 0.05) is 30.3 Å². The van der Waals surface area contributed by atoms with Crippen molar-refractivity contribution in [3.63, 3.8) is 0 Å². The summed E-state index contributed by atoms with van der Waals surface area (Å²) in [6, 6.07) is 4.57. The van der Waals surface area contributed by atoms with Gasteiger partial charge >= 0.3 is 5.97 Å². The van der Waals surface area contributed by atoms with Crippen LogP contribution in [0.2, 0.25) is 0 Å². The second-order valence-electron chi connectivity index (χ2n) is 7.03. The van der Waals surface area contributed by atoms with E-state index in [2.05, 4.69) is 25.5 Å². The maximum absolute atomic E-state index is 13.9. The maximum Gasteiger partial charge on any atom is 0.326 e. The molecule has 0 radical (unpaired) electrons. The van der Waals surface area contributed by atoms with Gasteiger partial charge in [-0.1, -0.05) is 0 Å². The molecule has 0 spiro atoms. The molecular formula is C17H18FN7O2. The van der Waals surface area contributed by atoms with E-state index in [1.54, 1.807) is 16.7 Å². The molecule has 0 aromatic carbocycles. The smallest absolute Gasteiger partial charge is 0.326 e. The number of hydrogen-bond acceptors (Lipinski definition) is 6. The van der Waals surface area contributed by atoms with Crippen LogP contribution in [0.25, 0.3) is 5.65 Å². The molecule has 3 aromatic rings. The minimum absolute atomic E-state index is 0.0402. The Morgan fingerprint density at radius 3 is 3.00 bits per heavy atom. The highest BCUT2D eigenvalue weighted by atomic mass is 19.1. The Bertz CT molecular complexity index is 1010. The van der Waals surface area contributed by atoms with Gasteiger partial charge in [-0.25, -0.2) is 9.18 Å². The van der Waals surface area contributed by atoms with Gasteiger partial charge in [-0.2, -0.15) is 15.1 Å². The topological polar surface area (TPSA) is 111 Å². The predicted octanol–water partition coefficient (Wildman–Crippen LogP) is 2.07. The number of aromatic amines is 1. The molecule has 1 saturated heterocycles. The highest BCUT2D eigenvalue weighted by Gasteiger charge is 2.39. The number of rotatable bonds is 5. The number of hydrogen-bond donors (Lipinski definition) is 3. The minimum Gasteiger partial charge on any atom is -0.480 e. The van der Waals surface area contributed by atoms with Crippen molar-refractivity contribution in [3.05, 3.63) is 30.1 Å². The number of halogens is 1. The number of alkyl halides is 1. The second kappa shape index (κ2) is 5.93. The van der Waals surface area contributed by atoms with Crippen LogP contribution in [0.5, 0.6) is 0 Å². The first-order valence-corrected chi connectivity index (χ1v) is 8.89. The van der Waals surface area contributed by atoms with Crippen molar-refractivity contribution >= 4 is 29.3 Å². The van der Waals surface area contributed by atoms with E-state index >= 15 is 0 Å². The minimum atomic E-state index is -1.22. The molecule has 27 heavy (non-hydrogen) atoms. The Hall–Kier alpha value is -3.17. The van der Waals surface area contributed by atoms with E-state index in [-0.39, 0.29) is 18.9 Å². The summed E-state index contributed by atoms with van der Waals surface area (Å²) < 4.78 is 15.6. The van der Waals surface area contributed by atoms with Crippen LogP contribution in [0.1, 0.15) is 30.9 Å². The van der Waals surface area contributed by atoms with Crippen molar-refractivity contribution in [3.8, 4) is 0 Å². The fourth-order valence-corrected chi connectivity index (χ4v) is 3.49. The van der Waals surface area contributed by atoms with Gasteiger partial charge in [-0.15, -0.1) is 0 Å². The Labute approximate surface area is 153 Å². The lowest BCUT2D eigenvalue weighted by atomic mass is 10.2. The van der Waals surface area contributed by atoms with Gasteiger partial charge in [0.15, 0.2) is 5.82 Å². The van der Waals surface area contributed by atoms with Gasteiger partial charge in [0.1, 0.15) is 17.9 Å². The van der Waals surface area contributed by atoms with Crippen LogP contribution in [-0.2, 0) is 4.79 Å². The first kappa shape index (κ1) is 16.0. The molecule has 4 heterocycles. The molecule has 3 N–H and O–H groups in total. The number of carboxylic acids is 1. The lowest BCUT2D eigenvalue weighted by Gasteiger charge is -2.21. The zero-order valence-corrected chi connectivity index (χ0v) is 14.3. The average Bonchev–Trinajstić information content (AvgIpc) is 3.05. The third-order valence-electron chi connectivity index (χ3n) is 5.02. The largest absolute Gasteiger partial charge is 0.480 e. The van der Waals surface area contributed by atoms with Gasteiger partial charge in [-0.3, -0.25) is 9.50 Å². The molecule has 2 atom stereocenters. The summed E-state index contributed by atoms with van der Waals surface area (Å²) in [7, 11) is 0. The highest BCUT2D eigenvalue weighted by Crippen LogP contribution is 2.39. The van der Waals surface area contributed by atoms with Gasteiger partial charge in [0.2, 0.25) is 11.9 Å². The third kappa shape index (κ3) is 2.86. The fraction of sp³-hybridized carbons (Fsp3) is 0.412. The molecular weight excluding hydrogens is 353 g/mol. The molecule has 2 aliphatic rings. The van der Waals surface area contributed by atoms with Crippen LogP contribution in [0.4, 0.5) is 22.1 Å². The van der Waals surface area contributed by atoms with Gasteiger partial charge < -0.3 is 15.3 Å².